The first kappa shape index (κ1) is 20.0. The number of aryl methyl sites for hydroxylation is 1. The molecule has 6 nitrogen and oxygen atoms in total. The molecule has 1 aromatic carbocycles. The monoisotopic (exact) mass is 377 g/mol. The molecule has 1 heterocycles. The van der Waals surface area contributed by atoms with Crippen molar-refractivity contribution in [3.8, 4) is 0 Å². The normalized spacial score (nSPS) is 15.5. The SMILES string of the molecule is Cc1ccc(C(=O)NC(C)(CN)C2CC2)cc1NC(=O)c1ccco1.Cl. The molecule has 0 bridgehead atoms. The summed E-state index contributed by atoms with van der Waals surface area (Å²) in [6.07, 6.45) is 3.62. The number of anilines is 1. The third-order valence-electron chi connectivity index (χ3n) is 4.79. The van der Waals surface area contributed by atoms with Crippen LogP contribution in [0.1, 0.15) is 46.2 Å². The van der Waals surface area contributed by atoms with E-state index in [1.165, 1.54) is 6.26 Å². The van der Waals surface area contributed by atoms with Crippen LogP contribution in [0.4, 0.5) is 5.69 Å². The standard InChI is InChI=1S/C19H23N3O3.ClH/c1-12-5-6-13(17(23)22-19(2,11-20)14-7-8-14)10-15(12)21-18(24)16-4-3-9-25-16;/h3-6,9-10,14H,7-8,11,20H2,1-2H3,(H,21,24)(H,22,23);1H. The Bertz CT molecular complexity index is 787. The summed E-state index contributed by atoms with van der Waals surface area (Å²) in [5.41, 5.74) is 7.40. The van der Waals surface area contributed by atoms with E-state index in [1.54, 1.807) is 24.3 Å². The number of benzene rings is 1. The lowest BCUT2D eigenvalue weighted by Crippen LogP contribution is -2.53. The molecule has 4 N–H and O–H groups in total. The fraction of sp³-hybridized carbons (Fsp3) is 0.368. The Kier molecular flexibility index (Phi) is 6.10. The van der Waals surface area contributed by atoms with E-state index in [9.17, 15) is 9.59 Å². The average molecular weight is 378 g/mol. The third-order valence-corrected chi connectivity index (χ3v) is 4.79. The number of hydrogen-bond acceptors (Lipinski definition) is 4. The Morgan fingerprint density at radius 1 is 1.27 bits per heavy atom. The van der Waals surface area contributed by atoms with Crippen molar-refractivity contribution in [2.24, 2.45) is 11.7 Å². The number of furan rings is 1. The minimum Gasteiger partial charge on any atom is -0.459 e. The number of amides is 2. The van der Waals surface area contributed by atoms with Crippen LogP contribution >= 0.6 is 12.4 Å². The van der Waals surface area contributed by atoms with Crippen LogP contribution in [0, 0.1) is 12.8 Å². The molecular weight excluding hydrogens is 354 g/mol. The molecule has 2 amide bonds. The highest BCUT2D eigenvalue weighted by atomic mass is 35.5. The van der Waals surface area contributed by atoms with Gasteiger partial charge in [-0.15, -0.1) is 12.4 Å². The highest BCUT2D eigenvalue weighted by molar-refractivity contribution is 6.04. The third kappa shape index (κ3) is 4.26. The summed E-state index contributed by atoms with van der Waals surface area (Å²) in [6, 6.07) is 8.47. The fourth-order valence-electron chi connectivity index (χ4n) is 2.86. The molecule has 1 unspecified atom stereocenters. The summed E-state index contributed by atoms with van der Waals surface area (Å²) in [5, 5.41) is 5.84. The summed E-state index contributed by atoms with van der Waals surface area (Å²) < 4.78 is 5.09. The number of rotatable bonds is 6. The minimum absolute atomic E-state index is 0. The van der Waals surface area contributed by atoms with Crippen LogP contribution in [0.3, 0.4) is 0 Å². The Morgan fingerprint density at radius 3 is 2.58 bits per heavy atom. The molecule has 3 rings (SSSR count). The van der Waals surface area contributed by atoms with Crippen molar-refractivity contribution < 1.29 is 14.0 Å². The molecule has 2 aromatic rings. The lowest BCUT2D eigenvalue weighted by atomic mass is 9.95. The van der Waals surface area contributed by atoms with Crippen molar-refractivity contribution >= 4 is 29.9 Å². The molecule has 26 heavy (non-hydrogen) atoms. The molecule has 7 heteroatoms. The zero-order chi connectivity index (χ0) is 18.0. The van der Waals surface area contributed by atoms with E-state index in [2.05, 4.69) is 10.6 Å². The highest BCUT2D eigenvalue weighted by Crippen LogP contribution is 2.39. The lowest BCUT2D eigenvalue weighted by molar-refractivity contribution is 0.0897. The summed E-state index contributed by atoms with van der Waals surface area (Å²) in [4.78, 5) is 24.8. The predicted molar refractivity (Wildman–Crippen MR) is 103 cm³/mol. The molecule has 0 aliphatic heterocycles. The molecule has 1 fully saturated rings. The maximum atomic E-state index is 12.6. The number of nitrogens with one attached hydrogen (secondary N) is 2. The molecule has 0 saturated heterocycles. The number of carbonyl (C=O) groups is 2. The molecule has 1 aromatic heterocycles. The predicted octanol–water partition coefficient (Wildman–Crippen LogP) is 3.12. The zero-order valence-electron chi connectivity index (χ0n) is 14.9. The van der Waals surface area contributed by atoms with Crippen molar-refractivity contribution in [2.75, 3.05) is 11.9 Å². The van der Waals surface area contributed by atoms with E-state index in [0.717, 1.165) is 18.4 Å². The number of nitrogens with two attached hydrogens (primary N) is 1. The molecule has 1 saturated carbocycles. The molecule has 0 spiro atoms. The van der Waals surface area contributed by atoms with E-state index in [-0.39, 0.29) is 35.5 Å². The van der Waals surface area contributed by atoms with E-state index in [1.807, 2.05) is 19.9 Å². The Hall–Kier alpha value is -2.31. The van der Waals surface area contributed by atoms with Crippen LogP contribution in [-0.2, 0) is 0 Å². The number of halogens is 1. The summed E-state index contributed by atoms with van der Waals surface area (Å²) in [6.45, 7) is 4.25. The van der Waals surface area contributed by atoms with Gasteiger partial charge in [-0.25, -0.2) is 0 Å². The highest BCUT2D eigenvalue weighted by Gasteiger charge is 2.41. The molecule has 0 radical (unpaired) electrons. The van der Waals surface area contributed by atoms with Crippen LogP contribution < -0.4 is 16.4 Å². The van der Waals surface area contributed by atoms with E-state index in [0.29, 0.717) is 23.7 Å². The van der Waals surface area contributed by atoms with Gasteiger partial charge in [0, 0.05) is 17.8 Å². The van der Waals surface area contributed by atoms with Crippen molar-refractivity contribution in [3.05, 3.63) is 53.5 Å². The summed E-state index contributed by atoms with van der Waals surface area (Å²) in [7, 11) is 0. The molecular formula is C19H24ClN3O3. The van der Waals surface area contributed by atoms with Crippen LogP contribution in [0.5, 0.6) is 0 Å². The topological polar surface area (TPSA) is 97.4 Å². The van der Waals surface area contributed by atoms with Crippen molar-refractivity contribution in [3.63, 3.8) is 0 Å². The van der Waals surface area contributed by atoms with Crippen molar-refractivity contribution in [1.82, 2.24) is 5.32 Å². The van der Waals surface area contributed by atoms with Crippen LogP contribution in [-0.4, -0.2) is 23.9 Å². The molecule has 1 atom stereocenters. The second-order valence-electron chi connectivity index (χ2n) is 6.81. The summed E-state index contributed by atoms with van der Waals surface area (Å²) in [5.74, 6) is 0.118. The first-order valence-corrected chi connectivity index (χ1v) is 8.41. The van der Waals surface area contributed by atoms with E-state index in [4.69, 9.17) is 10.2 Å². The Balaban J connectivity index is 0.00000243. The quantitative estimate of drug-likeness (QED) is 0.720. The van der Waals surface area contributed by atoms with Gasteiger partial charge in [0.05, 0.1) is 11.8 Å². The van der Waals surface area contributed by atoms with Crippen molar-refractivity contribution in [2.45, 2.75) is 32.2 Å². The second-order valence-corrected chi connectivity index (χ2v) is 6.81. The summed E-state index contributed by atoms with van der Waals surface area (Å²) >= 11 is 0. The van der Waals surface area contributed by atoms with E-state index >= 15 is 0 Å². The molecule has 1 aliphatic rings. The van der Waals surface area contributed by atoms with Gasteiger partial charge in [-0.05, 0) is 62.4 Å². The van der Waals surface area contributed by atoms with Gasteiger partial charge in [-0.1, -0.05) is 6.07 Å². The van der Waals surface area contributed by atoms with Gasteiger partial charge in [-0.2, -0.15) is 0 Å². The van der Waals surface area contributed by atoms with Gasteiger partial charge < -0.3 is 20.8 Å². The number of hydrogen-bond donors (Lipinski definition) is 3. The second kappa shape index (κ2) is 7.93. The van der Waals surface area contributed by atoms with Crippen LogP contribution in [0.15, 0.2) is 41.0 Å². The van der Waals surface area contributed by atoms with Crippen LogP contribution in [0.25, 0.3) is 0 Å². The van der Waals surface area contributed by atoms with E-state index < -0.39 is 0 Å². The van der Waals surface area contributed by atoms with Crippen molar-refractivity contribution in [1.29, 1.82) is 0 Å². The van der Waals surface area contributed by atoms with Gasteiger partial charge in [0.25, 0.3) is 11.8 Å². The largest absolute Gasteiger partial charge is 0.459 e. The van der Waals surface area contributed by atoms with Gasteiger partial charge in [0.2, 0.25) is 0 Å². The molecule has 1 aliphatic carbocycles. The van der Waals surface area contributed by atoms with Gasteiger partial charge in [0.15, 0.2) is 5.76 Å². The van der Waals surface area contributed by atoms with Gasteiger partial charge >= 0.3 is 0 Å². The number of carbonyl (C=O) groups excluding carboxylic acids is 2. The van der Waals surface area contributed by atoms with Crippen LogP contribution in [0.2, 0.25) is 0 Å². The maximum Gasteiger partial charge on any atom is 0.291 e. The Labute approximate surface area is 158 Å². The lowest BCUT2D eigenvalue weighted by Gasteiger charge is -2.29. The first-order valence-electron chi connectivity index (χ1n) is 8.41. The molecule has 140 valence electrons. The zero-order valence-corrected chi connectivity index (χ0v) is 15.7. The smallest absolute Gasteiger partial charge is 0.291 e. The first-order chi connectivity index (χ1) is 11.9. The Morgan fingerprint density at radius 2 is 2.00 bits per heavy atom. The van der Waals surface area contributed by atoms with Gasteiger partial charge in [0.1, 0.15) is 0 Å². The minimum atomic E-state index is -0.389. The van der Waals surface area contributed by atoms with Gasteiger partial charge in [-0.3, -0.25) is 9.59 Å². The average Bonchev–Trinajstić information content (AvgIpc) is 3.32. The fourth-order valence-corrected chi connectivity index (χ4v) is 2.86. The maximum absolute atomic E-state index is 12.6.